The predicted molar refractivity (Wildman–Crippen MR) is 71.9 cm³/mol. The zero-order chi connectivity index (χ0) is 13.8. The second kappa shape index (κ2) is 6.41. The molecule has 0 saturated carbocycles. The summed E-state index contributed by atoms with van der Waals surface area (Å²) < 4.78 is 27.1. The third kappa shape index (κ3) is 4.48. The third-order valence-corrected chi connectivity index (χ3v) is 3.92. The first-order valence-electron chi connectivity index (χ1n) is 5.53. The van der Waals surface area contributed by atoms with Gasteiger partial charge in [-0.1, -0.05) is 17.7 Å². The standard InChI is InChI=1S/C12H17ClO4S/c1-17-11-7-3-5-9(13)12(11)10(14)6-4-8-18(2,15)16/h3,5,7,10,14H,4,6,8H2,1-2H3. The summed E-state index contributed by atoms with van der Waals surface area (Å²) in [4.78, 5) is 0. The van der Waals surface area contributed by atoms with Gasteiger partial charge in [0.05, 0.1) is 18.2 Å². The van der Waals surface area contributed by atoms with Crippen molar-refractivity contribution in [1.82, 2.24) is 0 Å². The molecule has 0 aliphatic carbocycles. The van der Waals surface area contributed by atoms with Crippen LogP contribution in [-0.2, 0) is 9.84 Å². The number of rotatable bonds is 6. The van der Waals surface area contributed by atoms with Crippen molar-refractivity contribution in [3.63, 3.8) is 0 Å². The van der Waals surface area contributed by atoms with Crippen LogP contribution >= 0.6 is 11.6 Å². The van der Waals surface area contributed by atoms with Gasteiger partial charge in [0.15, 0.2) is 0 Å². The van der Waals surface area contributed by atoms with Gasteiger partial charge in [0.25, 0.3) is 0 Å². The zero-order valence-corrected chi connectivity index (χ0v) is 12.0. The monoisotopic (exact) mass is 292 g/mol. The molecule has 0 aliphatic rings. The Bertz CT molecular complexity index is 499. The summed E-state index contributed by atoms with van der Waals surface area (Å²) in [5, 5.41) is 10.5. The van der Waals surface area contributed by atoms with E-state index in [9.17, 15) is 13.5 Å². The van der Waals surface area contributed by atoms with E-state index in [2.05, 4.69) is 0 Å². The van der Waals surface area contributed by atoms with E-state index in [1.54, 1.807) is 18.2 Å². The average Bonchev–Trinajstić information content (AvgIpc) is 2.26. The number of aliphatic hydroxyl groups excluding tert-OH is 1. The number of hydrogen-bond donors (Lipinski definition) is 1. The Kier molecular flexibility index (Phi) is 5.44. The van der Waals surface area contributed by atoms with Crippen LogP contribution in [0.4, 0.5) is 0 Å². The highest BCUT2D eigenvalue weighted by molar-refractivity contribution is 7.90. The van der Waals surface area contributed by atoms with Crippen molar-refractivity contribution in [1.29, 1.82) is 0 Å². The number of methoxy groups -OCH3 is 1. The lowest BCUT2D eigenvalue weighted by molar-refractivity contribution is 0.162. The summed E-state index contributed by atoms with van der Waals surface area (Å²) in [7, 11) is -1.50. The molecule has 18 heavy (non-hydrogen) atoms. The molecule has 0 aromatic heterocycles. The molecule has 0 saturated heterocycles. The molecule has 1 atom stereocenters. The minimum absolute atomic E-state index is 0.0524. The van der Waals surface area contributed by atoms with Crippen molar-refractivity contribution >= 4 is 21.4 Å². The first-order chi connectivity index (χ1) is 8.35. The Morgan fingerprint density at radius 2 is 2.11 bits per heavy atom. The maximum atomic E-state index is 11.0. The molecule has 0 spiro atoms. The second-order valence-electron chi connectivity index (χ2n) is 4.14. The van der Waals surface area contributed by atoms with Crippen molar-refractivity contribution in [3.8, 4) is 5.75 Å². The number of benzene rings is 1. The zero-order valence-electron chi connectivity index (χ0n) is 10.4. The summed E-state index contributed by atoms with van der Waals surface area (Å²) in [6.45, 7) is 0. The molecule has 0 amide bonds. The number of aliphatic hydroxyl groups is 1. The van der Waals surface area contributed by atoms with Crippen molar-refractivity contribution in [3.05, 3.63) is 28.8 Å². The predicted octanol–water partition coefficient (Wildman–Crippen LogP) is 2.21. The smallest absolute Gasteiger partial charge is 0.147 e. The lowest BCUT2D eigenvalue weighted by Gasteiger charge is -2.16. The summed E-state index contributed by atoms with van der Waals surface area (Å²) in [5.74, 6) is 0.561. The van der Waals surface area contributed by atoms with E-state index in [-0.39, 0.29) is 5.75 Å². The minimum atomic E-state index is -3.00. The molecule has 0 aliphatic heterocycles. The van der Waals surface area contributed by atoms with Crippen LogP contribution in [0.1, 0.15) is 24.5 Å². The summed E-state index contributed by atoms with van der Waals surface area (Å²) in [6.07, 6.45) is 1.06. The van der Waals surface area contributed by atoms with Crippen molar-refractivity contribution in [2.75, 3.05) is 19.1 Å². The quantitative estimate of drug-likeness (QED) is 0.873. The Morgan fingerprint density at radius 3 is 2.67 bits per heavy atom. The summed E-state index contributed by atoms with van der Waals surface area (Å²) in [5.41, 5.74) is 0.509. The van der Waals surface area contributed by atoms with Gasteiger partial charge in [0.1, 0.15) is 15.6 Å². The maximum absolute atomic E-state index is 11.0. The van der Waals surface area contributed by atoms with Crippen LogP contribution in [-0.4, -0.2) is 32.6 Å². The van der Waals surface area contributed by atoms with Gasteiger partial charge >= 0.3 is 0 Å². The molecule has 1 rings (SSSR count). The largest absolute Gasteiger partial charge is 0.496 e. The molecule has 1 N–H and O–H groups in total. The van der Waals surface area contributed by atoms with Gasteiger partial charge in [-0.05, 0) is 25.0 Å². The van der Waals surface area contributed by atoms with Gasteiger partial charge in [-0.3, -0.25) is 0 Å². The highest BCUT2D eigenvalue weighted by Crippen LogP contribution is 2.34. The highest BCUT2D eigenvalue weighted by atomic mass is 35.5. The molecule has 4 nitrogen and oxygen atoms in total. The van der Waals surface area contributed by atoms with Crippen LogP contribution in [0.15, 0.2) is 18.2 Å². The molecule has 1 unspecified atom stereocenters. The van der Waals surface area contributed by atoms with E-state index in [4.69, 9.17) is 16.3 Å². The summed E-state index contributed by atoms with van der Waals surface area (Å²) in [6, 6.07) is 5.11. The molecule has 0 heterocycles. The van der Waals surface area contributed by atoms with Gasteiger partial charge in [-0.15, -0.1) is 0 Å². The average molecular weight is 293 g/mol. The highest BCUT2D eigenvalue weighted by Gasteiger charge is 2.17. The number of ether oxygens (including phenoxy) is 1. The normalized spacial score (nSPS) is 13.3. The molecule has 0 fully saturated rings. The SMILES string of the molecule is COc1cccc(Cl)c1C(O)CCCS(C)(=O)=O. The number of sulfone groups is 1. The maximum Gasteiger partial charge on any atom is 0.147 e. The topological polar surface area (TPSA) is 63.6 Å². The van der Waals surface area contributed by atoms with E-state index in [0.29, 0.717) is 29.2 Å². The Balaban J connectivity index is 2.75. The fraction of sp³-hybridized carbons (Fsp3) is 0.500. The fourth-order valence-corrected chi connectivity index (χ4v) is 2.68. The lowest BCUT2D eigenvalue weighted by atomic mass is 10.0. The fourth-order valence-electron chi connectivity index (χ4n) is 1.70. The Labute approximate surface area is 112 Å². The van der Waals surface area contributed by atoms with E-state index in [1.165, 1.54) is 13.4 Å². The second-order valence-corrected chi connectivity index (χ2v) is 6.81. The first kappa shape index (κ1) is 15.3. The summed E-state index contributed by atoms with van der Waals surface area (Å²) >= 11 is 6.01. The molecule has 0 radical (unpaired) electrons. The Hall–Kier alpha value is -0.780. The molecule has 1 aromatic carbocycles. The van der Waals surface area contributed by atoms with Crippen LogP contribution in [0.5, 0.6) is 5.75 Å². The molecule has 0 bridgehead atoms. The number of halogens is 1. The molecule has 1 aromatic rings. The molecular formula is C12H17ClO4S. The van der Waals surface area contributed by atoms with Crippen LogP contribution in [0.2, 0.25) is 5.02 Å². The van der Waals surface area contributed by atoms with Gasteiger partial charge in [0, 0.05) is 17.6 Å². The van der Waals surface area contributed by atoms with Crippen molar-refractivity contribution < 1.29 is 18.3 Å². The van der Waals surface area contributed by atoms with Crippen LogP contribution in [0.3, 0.4) is 0 Å². The molecule has 102 valence electrons. The third-order valence-electron chi connectivity index (χ3n) is 2.56. The minimum Gasteiger partial charge on any atom is -0.496 e. The van der Waals surface area contributed by atoms with Gasteiger partial charge in [-0.25, -0.2) is 8.42 Å². The van der Waals surface area contributed by atoms with E-state index >= 15 is 0 Å². The van der Waals surface area contributed by atoms with E-state index < -0.39 is 15.9 Å². The van der Waals surface area contributed by atoms with E-state index in [0.717, 1.165) is 0 Å². The molecule has 6 heteroatoms. The van der Waals surface area contributed by atoms with Gasteiger partial charge in [0.2, 0.25) is 0 Å². The van der Waals surface area contributed by atoms with Crippen LogP contribution in [0, 0.1) is 0 Å². The van der Waals surface area contributed by atoms with E-state index in [1.807, 2.05) is 0 Å². The van der Waals surface area contributed by atoms with Crippen LogP contribution < -0.4 is 4.74 Å². The van der Waals surface area contributed by atoms with Gasteiger partial charge in [-0.2, -0.15) is 0 Å². The van der Waals surface area contributed by atoms with Crippen molar-refractivity contribution in [2.45, 2.75) is 18.9 Å². The number of hydrogen-bond acceptors (Lipinski definition) is 4. The first-order valence-corrected chi connectivity index (χ1v) is 7.97. The molecular weight excluding hydrogens is 276 g/mol. The van der Waals surface area contributed by atoms with Crippen LogP contribution in [0.25, 0.3) is 0 Å². The Morgan fingerprint density at radius 1 is 1.44 bits per heavy atom. The van der Waals surface area contributed by atoms with Crippen molar-refractivity contribution in [2.24, 2.45) is 0 Å². The van der Waals surface area contributed by atoms with Gasteiger partial charge < -0.3 is 9.84 Å². The lowest BCUT2D eigenvalue weighted by Crippen LogP contribution is -2.07.